The Balaban J connectivity index is 1.44. The molecule has 0 saturated heterocycles. The van der Waals surface area contributed by atoms with Gasteiger partial charge in [-0.3, -0.25) is 4.79 Å². The molecule has 1 amide bonds. The Labute approximate surface area is 189 Å². The van der Waals surface area contributed by atoms with Crippen molar-refractivity contribution in [1.29, 1.82) is 0 Å². The van der Waals surface area contributed by atoms with Gasteiger partial charge in [0.2, 0.25) is 0 Å². The Morgan fingerprint density at radius 3 is 2.61 bits per heavy atom. The van der Waals surface area contributed by atoms with Crippen LogP contribution in [0.5, 0.6) is 5.75 Å². The van der Waals surface area contributed by atoms with Gasteiger partial charge in [-0.1, -0.05) is 61.0 Å². The monoisotopic (exact) mass is 433 g/mol. The molecule has 31 heavy (non-hydrogen) atoms. The first-order chi connectivity index (χ1) is 15.1. The fraction of sp³-hybridized carbons (Fsp3) is 0.296. The molecule has 3 aromatic carbocycles. The molecule has 4 rings (SSSR count). The lowest BCUT2D eigenvalue weighted by Gasteiger charge is -2.22. The number of carbonyl (C=O) groups excluding carboxylic acids is 1. The molecule has 160 valence electrons. The van der Waals surface area contributed by atoms with Crippen LogP contribution >= 0.6 is 11.6 Å². The topological polar surface area (TPSA) is 38.3 Å². The first-order valence-electron chi connectivity index (χ1n) is 11.0. The van der Waals surface area contributed by atoms with E-state index in [2.05, 4.69) is 30.4 Å². The molecule has 3 aromatic rings. The summed E-state index contributed by atoms with van der Waals surface area (Å²) in [7, 11) is 0. The molecule has 1 N–H and O–H groups in total. The molecule has 1 aliphatic carbocycles. The lowest BCUT2D eigenvalue weighted by molar-refractivity contribution is 0.0935. The van der Waals surface area contributed by atoms with Crippen molar-refractivity contribution in [2.75, 3.05) is 0 Å². The zero-order valence-electron chi connectivity index (χ0n) is 17.9. The molecule has 0 fully saturated rings. The summed E-state index contributed by atoms with van der Waals surface area (Å²) < 4.78 is 5.88. The van der Waals surface area contributed by atoms with Crippen molar-refractivity contribution in [3.05, 3.63) is 99.6 Å². The number of aryl methyl sites for hydroxylation is 2. The molecule has 0 aromatic heterocycles. The highest BCUT2D eigenvalue weighted by Gasteiger charge is 2.17. The highest BCUT2D eigenvalue weighted by Crippen LogP contribution is 2.26. The Hall–Kier alpha value is -2.78. The van der Waals surface area contributed by atoms with Crippen LogP contribution in [-0.4, -0.2) is 5.91 Å². The van der Waals surface area contributed by atoms with Gasteiger partial charge in [-0.2, -0.15) is 0 Å². The van der Waals surface area contributed by atoms with Gasteiger partial charge in [0.05, 0.1) is 6.04 Å². The number of fused-ring (bicyclic) bond motifs is 1. The first-order valence-corrected chi connectivity index (χ1v) is 11.4. The summed E-state index contributed by atoms with van der Waals surface area (Å²) in [4.78, 5) is 13.0. The highest BCUT2D eigenvalue weighted by atomic mass is 35.5. The Kier molecular flexibility index (Phi) is 6.93. The average molecular weight is 434 g/mol. The van der Waals surface area contributed by atoms with Crippen molar-refractivity contribution in [3.63, 3.8) is 0 Å². The van der Waals surface area contributed by atoms with Gasteiger partial charge < -0.3 is 10.1 Å². The number of halogens is 1. The van der Waals surface area contributed by atoms with Crippen LogP contribution in [0, 0.1) is 0 Å². The molecule has 1 atom stereocenters. The smallest absolute Gasteiger partial charge is 0.251 e. The Bertz CT molecular complexity index is 1060. The van der Waals surface area contributed by atoms with Crippen LogP contribution in [0.15, 0.2) is 66.7 Å². The third-order valence-electron chi connectivity index (χ3n) is 5.94. The zero-order chi connectivity index (χ0) is 21.6. The van der Waals surface area contributed by atoms with E-state index in [4.69, 9.17) is 16.3 Å². The largest absolute Gasteiger partial charge is 0.489 e. The van der Waals surface area contributed by atoms with Gasteiger partial charge in [0, 0.05) is 16.1 Å². The molecule has 4 heteroatoms. The SMILES string of the molecule is CCC(NC(=O)c1cccc(OCc2ccccc2Cl)c1)c1ccc2c(c1)CCCC2. The van der Waals surface area contributed by atoms with E-state index in [1.807, 2.05) is 42.5 Å². The van der Waals surface area contributed by atoms with E-state index >= 15 is 0 Å². The number of benzene rings is 3. The van der Waals surface area contributed by atoms with E-state index < -0.39 is 0 Å². The Morgan fingerprint density at radius 2 is 1.81 bits per heavy atom. The van der Waals surface area contributed by atoms with Crippen molar-refractivity contribution in [2.45, 2.75) is 51.7 Å². The van der Waals surface area contributed by atoms with Crippen molar-refractivity contribution < 1.29 is 9.53 Å². The van der Waals surface area contributed by atoms with Crippen LogP contribution in [0.1, 0.15) is 64.8 Å². The second-order valence-corrected chi connectivity index (χ2v) is 8.48. The van der Waals surface area contributed by atoms with E-state index in [1.54, 1.807) is 6.07 Å². The van der Waals surface area contributed by atoms with Crippen LogP contribution in [-0.2, 0) is 19.4 Å². The second kappa shape index (κ2) is 10.0. The number of nitrogens with one attached hydrogen (secondary N) is 1. The van der Waals surface area contributed by atoms with Crippen LogP contribution in [0.3, 0.4) is 0 Å². The molecule has 1 unspecified atom stereocenters. The van der Waals surface area contributed by atoms with Gasteiger partial charge in [0.1, 0.15) is 12.4 Å². The molecule has 3 nitrogen and oxygen atoms in total. The number of hydrogen-bond acceptors (Lipinski definition) is 2. The maximum atomic E-state index is 13.0. The van der Waals surface area contributed by atoms with E-state index in [0.29, 0.717) is 22.9 Å². The van der Waals surface area contributed by atoms with Crippen molar-refractivity contribution in [2.24, 2.45) is 0 Å². The third kappa shape index (κ3) is 5.29. The molecule has 0 radical (unpaired) electrons. The van der Waals surface area contributed by atoms with Crippen molar-refractivity contribution >= 4 is 17.5 Å². The number of ether oxygens (including phenoxy) is 1. The van der Waals surface area contributed by atoms with Crippen molar-refractivity contribution in [3.8, 4) is 5.75 Å². The molecule has 0 bridgehead atoms. The Morgan fingerprint density at radius 1 is 1.00 bits per heavy atom. The van der Waals surface area contributed by atoms with Gasteiger partial charge in [0.25, 0.3) is 5.91 Å². The third-order valence-corrected chi connectivity index (χ3v) is 6.31. The minimum absolute atomic E-state index is 0.00701. The normalized spacial score (nSPS) is 13.9. The van der Waals surface area contributed by atoms with Gasteiger partial charge in [-0.25, -0.2) is 0 Å². The molecule has 0 saturated carbocycles. The van der Waals surface area contributed by atoms with E-state index in [1.165, 1.54) is 36.0 Å². The maximum Gasteiger partial charge on any atom is 0.251 e. The maximum absolute atomic E-state index is 13.0. The number of rotatable bonds is 7. The summed E-state index contributed by atoms with van der Waals surface area (Å²) in [5, 5.41) is 3.87. The lowest BCUT2D eigenvalue weighted by atomic mass is 9.88. The fourth-order valence-corrected chi connectivity index (χ4v) is 4.33. The molecule has 0 spiro atoms. The van der Waals surface area contributed by atoms with E-state index in [9.17, 15) is 4.79 Å². The second-order valence-electron chi connectivity index (χ2n) is 8.08. The van der Waals surface area contributed by atoms with E-state index in [-0.39, 0.29) is 11.9 Å². The van der Waals surface area contributed by atoms with Gasteiger partial charge >= 0.3 is 0 Å². The standard InChI is InChI=1S/C27H28ClNO2/c1-2-26(21-15-14-19-8-3-4-9-20(19)16-21)29-27(30)22-11-7-12-24(17-22)31-18-23-10-5-6-13-25(23)28/h5-7,10-17,26H,2-4,8-9,18H2,1H3,(H,29,30). The molecule has 1 aliphatic rings. The summed E-state index contributed by atoms with van der Waals surface area (Å²) in [5.41, 5.74) is 5.58. The minimum atomic E-state index is -0.0900. The fourth-order valence-electron chi connectivity index (χ4n) is 4.14. The highest BCUT2D eigenvalue weighted by molar-refractivity contribution is 6.31. The summed E-state index contributed by atoms with van der Waals surface area (Å²) in [6.45, 7) is 2.46. The first kappa shape index (κ1) is 21.5. The molecular weight excluding hydrogens is 406 g/mol. The summed E-state index contributed by atoms with van der Waals surface area (Å²) >= 11 is 6.20. The van der Waals surface area contributed by atoms with Crippen LogP contribution < -0.4 is 10.1 Å². The van der Waals surface area contributed by atoms with Gasteiger partial charge in [-0.15, -0.1) is 0 Å². The van der Waals surface area contributed by atoms with Crippen LogP contribution in [0.25, 0.3) is 0 Å². The summed E-state index contributed by atoms with van der Waals surface area (Å²) in [5.74, 6) is 0.558. The predicted octanol–water partition coefficient (Wildman–Crippen LogP) is 6.68. The molecular formula is C27H28ClNO2. The predicted molar refractivity (Wildman–Crippen MR) is 126 cm³/mol. The minimum Gasteiger partial charge on any atom is -0.489 e. The average Bonchev–Trinajstić information content (AvgIpc) is 2.81. The number of amides is 1. The zero-order valence-corrected chi connectivity index (χ0v) is 18.6. The summed E-state index contributed by atoms with van der Waals surface area (Å²) in [6, 6.07) is 21.6. The quantitative estimate of drug-likeness (QED) is 0.451. The van der Waals surface area contributed by atoms with Gasteiger partial charge in [0.15, 0.2) is 0 Å². The van der Waals surface area contributed by atoms with Crippen molar-refractivity contribution in [1.82, 2.24) is 5.32 Å². The lowest BCUT2D eigenvalue weighted by Crippen LogP contribution is -2.28. The van der Waals surface area contributed by atoms with Crippen LogP contribution in [0.4, 0.5) is 0 Å². The molecule has 0 heterocycles. The summed E-state index contributed by atoms with van der Waals surface area (Å²) in [6.07, 6.45) is 5.67. The van der Waals surface area contributed by atoms with Gasteiger partial charge in [-0.05, 0) is 73.1 Å². The number of hydrogen-bond donors (Lipinski definition) is 1. The number of carbonyl (C=O) groups is 1. The van der Waals surface area contributed by atoms with Crippen LogP contribution in [0.2, 0.25) is 5.02 Å². The van der Waals surface area contributed by atoms with E-state index in [0.717, 1.165) is 18.4 Å². The molecule has 0 aliphatic heterocycles.